The van der Waals surface area contributed by atoms with Gasteiger partial charge in [-0.3, -0.25) is 9.36 Å². The van der Waals surface area contributed by atoms with E-state index in [9.17, 15) is 4.79 Å². The van der Waals surface area contributed by atoms with E-state index in [4.69, 9.17) is 30.8 Å². The third-order valence-electron chi connectivity index (χ3n) is 8.19. The Morgan fingerprint density at radius 2 is 1.73 bits per heavy atom. The zero-order valence-corrected chi connectivity index (χ0v) is 27.7. The van der Waals surface area contributed by atoms with Crippen molar-refractivity contribution >= 4 is 50.6 Å². The van der Waals surface area contributed by atoms with Gasteiger partial charge < -0.3 is 14.2 Å². The summed E-state index contributed by atoms with van der Waals surface area (Å²) in [6, 6.07) is 27.3. The number of aromatic nitrogens is 1. The first kappa shape index (κ1) is 29.6. The summed E-state index contributed by atoms with van der Waals surface area (Å²) in [6.45, 7) is 0.281. The summed E-state index contributed by atoms with van der Waals surface area (Å²) in [7, 11) is 3.26. The second-order valence-corrected chi connectivity index (χ2v) is 13.0. The zero-order chi connectivity index (χ0) is 31.1. The molecule has 0 fully saturated rings. The van der Waals surface area contributed by atoms with Crippen LogP contribution in [0, 0.1) is 0 Å². The lowest BCUT2D eigenvalue weighted by molar-refractivity contribution is 0.282. The fraction of sp³-hybridized carbons (Fsp3) is 0.167. The second-order valence-electron chi connectivity index (χ2n) is 10.8. The van der Waals surface area contributed by atoms with E-state index in [0.29, 0.717) is 30.3 Å². The van der Waals surface area contributed by atoms with E-state index < -0.39 is 0 Å². The first-order valence-corrected chi connectivity index (χ1v) is 16.5. The highest BCUT2D eigenvalue weighted by Crippen LogP contribution is 2.43. The quantitative estimate of drug-likeness (QED) is 0.179. The minimum atomic E-state index is -0.329. The van der Waals surface area contributed by atoms with E-state index in [2.05, 4.69) is 34.1 Å². The van der Waals surface area contributed by atoms with E-state index in [1.807, 2.05) is 77.4 Å². The van der Waals surface area contributed by atoms with Gasteiger partial charge in [0.15, 0.2) is 16.3 Å². The molecule has 1 unspecified atom stereocenters. The molecule has 1 atom stereocenters. The van der Waals surface area contributed by atoms with E-state index >= 15 is 0 Å². The number of rotatable bonds is 7. The van der Waals surface area contributed by atoms with Crippen molar-refractivity contribution in [1.29, 1.82) is 0 Å². The third kappa shape index (κ3) is 5.41. The van der Waals surface area contributed by atoms with Crippen LogP contribution in [-0.2, 0) is 13.0 Å². The molecule has 9 heteroatoms. The Morgan fingerprint density at radius 3 is 2.56 bits per heavy atom. The second kappa shape index (κ2) is 12.4. The molecule has 7 rings (SSSR count). The molecule has 1 aromatic heterocycles. The summed E-state index contributed by atoms with van der Waals surface area (Å²) >= 11 is 11.4. The number of methoxy groups -OCH3 is 2. The molecule has 6 nitrogen and oxygen atoms in total. The van der Waals surface area contributed by atoms with Gasteiger partial charge in [0, 0.05) is 21.7 Å². The number of thiazole rings is 1. The fourth-order valence-corrected chi connectivity index (χ4v) is 7.84. The van der Waals surface area contributed by atoms with Crippen LogP contribution in [-0.4, -0.2) is 18.8 Å². The fourth-order valence-electron chi connectivity index (χ4n) is 6.07. The van der Waals surface area contributed by atoms with Crippen molar-refractivity contribution in [1.82, 2.24) is 4.57 Å². The third-order valence-corrected chi connectivity index (χ3v) is 10.1. The average molecular weight is 700 g/mol. The molecule has 226 valence electrons. The molecule has 0 spiro atoms. The standard InChI is InChI=1S/C36H28BrClN2O4S/c1-42-29-14-8-6-12-25(29)33-26-16-15-22-9-3-5-11-24(22)32(26)39-36-40(33)35(41)31(45-36)19-21-17-27(37)34(30(18-21)43-2)44-20-23-10-4-7-13-28(23)38/h3-14,17-19,33H,15-16,20H2,1-2H3/b31-19+. The summed E-state index contributed by atoms with van der Waals surface area (Å²) in [5, 5.41) is 0.635. The van der Waals surface area contributed by atoms with Crippen molar-refractivity contribution in [2.24, 2.45) is 4.99 Å². The Labute approximate surface area is 277 Å². The maximum atomic E-state index is 14.3. The number of fused-ring (bicyclic) bond motifs is 3. The summed E-state index contributed by atoms with van der Waals surface area (Å²) < 4.78 is 20.7. The number of nitrogens with zero attached hydrogens (tertiary/aromatic N) is 2. The highest BCUT2D eigenvalue weighted by molar-refractivity contribution is 9.10. The van der Waals surface area contributed by atoms with E-state index in [0.717, 1.165) is 52.1 Å². The van der Waals surface area contributed by atoms with E-state index in [1.165, 1.54) is 16.9 Å². The van der Waals surface area contributed by atoms with Crippen molar-refractivity contribution in [3.63, 3.8) is 0 Å². The molecule has 5 aromatic rings. The smallest absolute Gasteiger partial charge is 0.271 e. The van der Waals surface area contributed by atoms with Crippen LogP contribution in [0.2, 0.25) is 5.02 Å². The van der Waals surface area contributed by atoms with Crippen LogP contribution >= 0.6 is 38.9 Å². The summed E-state index contributed by atoms with van der Waals surface area (Å²) in [4.78, 5) is 20.0. The lowest BCUT2D eigenvalue weighted by atomic mass is 9.83. The number of hydrogen-bond acceptors (Lipinski definition) is 6. The molecule has 45 heavy (non-hydrogen) atoms. The zero-order valence-electron chi connectivity index (χ0n) is 24.6. The van der Waals surface area contributed by atoms with Crippen molar-refractivity contribution in [3.8, 4) is 17.2 Å². The summed E-state index contributed by atoms with van der Waals surface area (Å²) in [6.07, 6.45) is 3.58. The summed E-state index contributed by atoms with van der Waals surface area (Å²) in [5.74, 6) is 1.83. The molecule has 0 N–H and O–H groups in total. The van der Waals surface area contributed by atoms with Crippen LogP contribution in [0.3, 0.4) is 0 Å². The molecule has 0 saturated carbocycles. The van der Waals surface area contributed by atoms with Gasteiger partial charge in [-0.15, -0.1) is 0 Å². The van der Waals surface area contributed by atoms with Crippen molar-refractivity contribution < 1.29 is 14.2 Å². The maximum absolute atomic E-state index is 14.3. The molecular weight excluding hydrogens is 672 g/mol. The van der Waals surface area contributed by atoms with Gasteiger partial charge in [0.05, 0.1) is 35.0 Å². The van der Waals surface area contributed by atoms with Crippen LogP contribution in [0.1, 0.15) is 40.3 Å². The molecule has 4 aromatic carbocycles. The Morgan fingerprint density at radius 1 is 0.978 bits per heavy atom. The van der Waals surface area contributed by atoms with Crippen LogP contribution < -0.4 is 29.1 Å². The number of ether oxygens (including phenoxy) is 3. The number of hydrogen-bond donors (Lipinski definition) is 0. The molecular formula is C36H28BrClN2O4S. The maximum Gasteiger partial charge on any atom is 0.271 e. The predicted molar refractivity (Wildman–Crippen MR) is 182 cm³/mol. The summed E-state index contributed by atoms with van der Waals surface area (Å²) in [5.41, 5.74) is 6.97. The Bertz CT molecular complexity index is 2170. The Hall–Kier alpha value is -4.11. The minimum absolute atomic E-state index is 0.103. The molecule has 0 radical (unpaired) electrons. The number of aryl methyl sites for hydroxylation is 1. The van der Waals surface area contributed by atoms with Gasteiger partial charge >= 0.3 is 0 Å². The predicted octanol–water partition coefficient (Wildman–Crippen LogP) is 7.33. The SMILES string of the molecule is COc1ccccc1C1C2=C(N=c3s/c(=C/c4cc(Br)c(OCc5ccccc5Cl)c(OC)c4)c(=O)n31)c1ccccc1CC2. The average Bonchev–Trinajstić information content (AvgIpc) is 3.37. The molecule has 2 aliphatic rings. The van der Waals surface area contributed by atoms with Crippen molar-refractivity contribution in [2.75, 3.05) is 14.2 Å². The number of para-hydroxylation sites is 1. The molecule has 1 aliphatic heterocycles. The van der Waals surface area contributed by atoms with Crippen LogP contribution in [0.4, 0.5) is 0 Å². The van der Waals surface area contributed by atoms with Gasteiger partial charge in [0.25, 0.3) is 5.56 Å². The first-order valence-electron chi connectivity index (χ1n) is 14.5. The van der Waals surface area contributed by atoms with Gasteiger partial charge in [-0.25, -0.2) is 4.99 Å². The normalized spacial score (nSPS) is 15.6. The van der Waals surface area contributed by atoms with E-state index in [1.54, 1.807) is 14.2 Å². The molecule has 0 bridgehead atoms. The van der Waals surface area contributed by atoms with Crippen LogP contribution in [0.15, 0.2) is 105 Å². The van der Waals surface area contributed by atoms with E-state index in [-0.39, 0.29) is 18.2 Å². The Kier molecular flexibility index (Phi) is 8.12. The highest BCUT2D eigenvalue weighted by Gasteiger charge is 2.34. The van der Waals surface area contributed by atoms with Crippen LogP contribution in [0.5, 0.6) is 17.2 Å². The molecule has 2 heterocycles. The van der Waals surface area contributed by atoms with Gasteiger partial charge in [0.2, 0.25) is 0 Å². The molecule has 0 amide bonds. The van der Waals surface area contributed by atoms with Gasteiger partial charge in [-0.05, 0) is 75.8 Å². The largest absolute Gasteiger partial charge is 0.496 e. The monoisotopic (exact) mass is 698 g/mol. The molecule has 1 aliphatic carbocycles. The lowest BCUT2D eigenvalue weighted by Crippen LogP contribution is -2.39. The first-order chi connectivity index (χ1) is 22.0. The number of benzene rings is 4. The minimum Gasteiger partial charge on any atom is -0.496 e. The van der Waals surface area contributed by atoms with Crippen molar-refractivity contribution in [3.05, 3.63) is 148 Å². The lowest BCUT2D eigenvalue weighted by Gasteiger charge is -2.31. The Balaban J connectivity index is 1.35. The molecule has 0 saturated heterocycles. The van der Waals surface area contributed by atoms with Gasteiger partial charge in [0.1, 0.15) is 12.4 Å². The topological polar surface area (TPSA) is 62.0 Å². The highest BCUT2D eigenvalue weighted by atomic mass is 79.9. The van der Waals surface area contributed by atoms with Crippen molar-refractivity contribution in [2.45, 2.75) is 25.5 Å². The van der Waals surface area contributed by atoms with Gasteiger partial charge in [-0.2, -0.15) is 0 Å². The number of allylic oxidation sites excluding steroid dienone is 1. The van der Waals surface area contributed by atoms with Crippen LogP contribution in [0.25, 0.3) is 11.8 Å². The van der Waals surface area contributed by atoms with Gasteiger partial charge in [-0.1, -0.05) is 83.6 Å². The number of halogens is 2.